The number of nitrogens with zero attached hydrogens (tertiary/aromatic N) is 1. The second kappa shape index (κ2) is 7.99. The molecule has 0 radical (unpaired) electrons. The molecule has 5 nitrogen and oxygen atoms in total. The van der Waals surface area contributed by atoms with E-state index in [9.17, 15) is 9.90 Å². The number of ether oxygens (including phenoxy) is 2. The molecule has 2 rings (SSSR count). The van der Waals surface area contributed by atoms with Crippen LogP contribution in [0.15, 0.2) is 18.2 Å². The Kier molecular flexibility index (Phi) is 6.27. The zero-order valence-electron chi connectivity index (χ0n) is 13.8. The number of aliphatic hydroxyl groups excluding tert-OH is 1. The summed E-state index contributed by atoms with van der Waals surface area (Å²) >= 11 is 6.04. The smallest absolute Gasteiger partial charge is 0.225 e. The zero-order valence-corrected chi connectivity index (χ0v) is 14.5. The minimum atomic E-state index is -0.484. The normalized spacial score (nSPS) is 24.3. The van der Waals surface area contributed by atoms with Gasteiger partial charge in [-0.1, -0.05) is 11.6 Å². The molecule has 1 saturated carbocycles. The Balaban J connectivity index is 2.04. The van der Waals surface area contributed by atoms with E-state index >= 15 is 0 Å². The number of aliphatic hydroxyl groups is 1. The van der Waals surface area contributed by atoms with E-state index in [1.165, 1.54) is 0 Å². The van der Waals surface area contributed by atoms with E-state index in [1.807, 2.05) is 6.07 Å². The van der Waals surface area contributed by atoms with Crippen molar-refractivity contribution in [1.82, 2.24) is 4.90 Å². The van der Waals surface area contributed by atoms with E-state index in [0.717, 1.165) is 5.56 Å². The Morgan fingerprint density at radius 3 is 2.78 bits per heavy atom. The van der Waals surface area contributed by atoms with Crippen molar-refractivity contribution in [3.8, 4) is 5.75 Å². The molecule has 0 spiro atoms. The molecule has 3 atom stereocenters. The molecule has 1 amide bonds. The number of halogens is 1. The van der Waals surface area contributed by atoms with Crippen LogP contribution in [0.1, 0.15) is 24.8 Å². The van der Waals surface area contributed by atoms with Crippen molar-refractivity contribution >= 4 is 17.5 Å². The summed E-state index contributed by atoms with van der Waals surface area (Å²) in [4.78, 5) is 14.4. The fraction of sp³-hybridized carbons (Fsp3) is 0.588. The number of methoxy groups -OCH3 is 2. The molecular weight excluding hydrogens is 318 g/mol. The highest BCUT2D eigenvalue weighted by Crippen LogP contribution is 2.29. The molecule has 1 aromatic rings. The molecule has 0 bridgehead atoms. The maximum atomic E-state index is 12.7. The van der Waals surface area contributed by atoms with Crippen LogP contribution < -0.4 is 4.74 Å². The lowest BCUT2D eigenvalue weighted by molar-refractivity contribution is -0.140. The van der Waals surface area contributed by atoms with Crippen molar-refractivity contribution < 1.29 is 19.4 Å². The Labute approximate surface area is 142 Å². The SMILES string of the molecule is COc1ccc(Cl)cc1CN(C)C(=O)[C@@H]1CC[C@H](O)[C@H](OC)C1. The van der Waals surface area contributed by atoms with Gasteiger partial charge >= 0.3 is 0 Å². The molecule has 0 aromatic heterocycles. The molecule has 1 aliphatic rings. The van der Waals surface area contributed by atoms with E-state index < -0.39 is 6.10 Å². The molecule has 0 unspecified atom stereocenters. The lowest BCUT2D eigenvalue weighted by atomic mass is 9.84. The van der Waals surface area contributed by atoms with Gasteiger partial charge in [-0.2, -0.15) is 0 Å². The second-order valence-electron chi connectivity index (χ2n) is 6.00. The predicted octanol–water partition coefficient (Wildman–Crippen LogP) is 2.48. The largest absolute Gasteiger partial charge is 0.496 e. The Hall–Kier alpha value is -1.30. The molecule has 128 valence electrons. The first kappa shape index (κ1) is 18.0. The highest BCUT2D eigenvalue weighted by Gasteiger charge is 2.34. The van der Waals surface area contributed by atoms with Crippen molar-refractivity contribution in [2.45, 2.75) is 38.0 Å². The van der Waals surface area contributed by atoms with Gasteiger partial charge in [-0.15, -0.1) is 0 Å². The third-order valence-electron chi connectivity index (χ3n) is 4.44. The van der Waals surface area contributed by atoms with Gasteiger partial charge in [0.2, 0.25) is 5.91 Å². The van der Waals surface area contributed by atoms with Crippen molar-refractivity contribution in [1.29, 1.82) is 0 Å². The van der Waals surface area contributed by atoms with E-state index in [1.54, 1.807) is 38.3 Å². The van der Waals surface area contributed by atoms with Crippen LogP contribution in [0.5, 0.6) is 5.75 Å². The summed E-state index contributed by atoms with van der Waals surface area (Å²) in [5.74, 6) is 0.641. The van der Waals surface area contributed by atoms with Crippen molar-refractivity contribution in [2.24, 2.45) is 5.92 Å². The molecule has 1 fully saturated rings. The van der Waals surface area contributed by atoms with E-state index in [4.69, 9.17) is 21.1 Å². The first-order valence-corrected chi connectivity index (χ1v) is 8.12. The summed E-state index contributed by atoms with van der Waals surface area (Å²) in [7, 11) is 4.94. The fourth-order valence-electron chi connectivity index (χ4n) is 3.11. The summed E-state index contributed by atoms with van der Waals surface area (Å²) in [5.41, 5.74) is 0.870. The first-order chi connectivity index (χ1) is 11.0. The maximum absolute atomic E-state index is 12.7. The molecule has 0 aliphatic heterocycles. The van der Waals surface area contributed by atoms with Gasteiger partial charge in [0.15, 0.2) is 0 Å². The topological polar surface area (TPSA) is 59.0 Å². The van der Waals surface area contributed by atoms with Crippen LogP contribution in [-0.2, 0) is 16.1 Å². The van der Waals surface area contributed by atoms with Gasteiger partial charge in [-0.25, -0.2) is 0 Å². The minimum absolute atomic E-state index is 0.0565. The molecule has 1 aromatic carbocycles. The molecule has 0 heterocycles. The standard InChI is InChI=1S/C17H24ClNO4/c1-19(10-12-8-13(18)5-7-15(12)22-2)17(21)11-4-6-14(20)16(9-11)23-3/h5,7-8,11,14,16,20H,4,6,9-10H2,1-3H3/t11-,14+,16-/m1/s1. The number of carbonyl (C=O) groups is 1. The molecule has 6 heteroatoms. The van der Waals surface area contributed by atoms with Gasteiger partial charge in [0.05, 0.1) is 19.3 Å². The summed E-state index contributed by atoms with van der Waals surface area (Å²) < 4.78 is 10.6. The van der Waals surface area contributed by atoms with Gasteiger partial charge in [-0.3, -0.25) is 4.79 Å². The fourth-order valence-corrected chi connectivity index (χ4v) is 3.30. The Bertz CT molecular complexity index is 551. The highest BCUT2D eigenvalue weighted by atomic mass is 35.5. The molecular formula is C17H24ClNO4. The lowest BCUT2D eigenvalue weighted by Crippen LogP contribution is -2.42. The zero-order chi connectivity index (χ0) is 17.0. The Morgan fingerprint density at radius 2 is 2.13 bits per heavy atom. The monoisotopic (exact) mass is 341 g/mol. The summed E-state index contributed by atoms with van der Waals surface area (Å²) in [6.07, 6.45) is 1.06. The van der Waals surface area contributed by atoms with Crippen molar-refractivity contribution in [2.75, 3.05) is 21.3 Å². The van der Waals surface area contributed by atoms with E-state index in [2.05, 4.69) is 0 Å². The van der Waals surface area contributed by atoms with Crippen molar-refractivity contribution in [3.05, 3.63) is 28.8 Å². The van der Waals surface area contributed by atoms with Gasteiger partial charge in [-0.05, 0) is 37.5 Å². The number of rotatable bonds is 5. The third kappa shape index (κ3) is 4.37. The number of hydrogen-bond acceptors (Lipinski definition) is 4. The molecule has 1 aliphatic carbocycles. The van der Waals surface area contributed by atoms with Crippen LogP contribution in [-0.4, -0.2) is 49.4 Å². The van der Waals surface area contributed by atoms with Crippen LogP contribution in [0.3, 0.4) is 0 Å². The summed E-state index contributed by atoms with van der Waals surface area (Å²) in [6.45, 7) is 0.430. The number of carbonyl (C=O) groups excluding carboxylic acids is 1. The maximum Gasteiger partial charge on any atom is 0.225 e. The van der Waals surface area contributed by atoms with Gasteiger partial charge < -0.3 is 19.5 Å². The molecule has 23 heavy (non-hydrogen) atoms. The first-order valence-electron chi connectivity index (χ1n) is 7.74. The summed E-state index contributed by atoms with van der Waals surface area (Å²) in [5, 5.41) is 10.5. The van der Waals surface area contributed by atoms with Crippen LogP contribution in [0.25, 0.3) is 0 Å². The molecule has 0 saturated heterocycles. The quantitative estimate of drug-likeness (QED) is 0.894. The minimum Gasteiger partial charge on any atom is -0.496 e. The van der Waals surface area contributed by atoms with Crippen LogP contribution in [0.4, 0.5) is 0 Å². The average Bonchev–Trinajstić information content (AvgIpc) is 2.54. The highest BCUT2D eigenvalue weighted by molar-refractivity contribution is 6.30. The summed E-state index contributed by atoms with van der Waals surface area (Å²) in [6, 6.07) is 5.37. The van der Waals surface area contributed by atoms with E-state index in [0.29, 0.717) is 36.6 Å². The third-order valence-corrected chi connectivity index (χ3v) is 4.67. The van der Waals surface area contributed by atoms with Gasteiger partial charge in [0.1, 0.15) is 5.75 Å². The van der Waals surface area contributed by atoms with Crippen LogP contribution >= 0.6 is 11.6 Å². The predicted molar refractivity (Wildman–Crippen MR) is 88.6 cm³/mol. The lowest BCUT2D eigenvalue weighted by Gasteiger charge is -2.33. The number of hydrogen-bond donors (Lipinski definition) is 1. The van der Waals surface area contributed by atoms with Gasteiger partial charge in [0, 0.05) is 37.2 Å². The van der Waals surface area contributed by atoms with Gasteiger partial charge in [0.25, 0.3) is 0 Å². The average molecular weight is 342 g/mol. The second-order valence-corrected chi connectivity index (χ2v) is 6.44. The van der Waals surface area contributed by atoms with Crippen LogP contribution in [0.2, 0.25) is 5.02 Å². The van der Waals surface area contributed by atoms with Crippen LogP contribution in [0, 0.1) is 5.92 Å². The Morgan fingerprint density at radius 1 is 1.39 bits per heavy atom. The van der Waals surface area contributed by atoms with Crippen molar-refractivity contribution in [3.63, 3.8) is 0 Å². The number of amides is 1. The number of benzene rings is 1. The molecule has 1 N–H and O–H groups in total. The van der Waals surface area contributed by atoms with E-state index in [-0.39, 0.29) is 17.9 Å².